The summed E-state index contributed by atoms with van der Waals surface area (Å²) in [7, 11) is 0. The zero-order chi connectivity index (χ0) is 20.0. The lowest BCUT2D eigenvalue weighted by Gasteiger charge is -2.33. The Labute approximate surface area is 150 Å². The predicted molar refractivity (Wildman–Crippen MR) is 89.3 cm³/mol. The molecular formula is C16H26F3N3O4. The molecule has 0 radical (unpaired) electrons. The van der Waals surface area contributed by atoms with Gasteiger partial charge in [0.1, 0.15) is 24.6 Å². The number of ether oxygens (including phenoxy) is 3. The number of carbonyl (C=O) groups excluding carboxylic acids is 1. The molecule has 1 heterocycles. The zero-order valence-corrected chi connectivity index (χ0v) is 15.3. The minimum atomic E-state index is -4.42. The maximum Gasteiger partial charge on any atom is 0.411 e. The molecule has 2 N–H and O–H groups in total. The first kappa shape index (κ1) is 22.1. The highest BCUT2D eigenvalue weighted by atomic mass is 19.4. The summed E-state index contributed by atoms with van der Waals surface area (Å²) in [4.78, 5) is 13.6. The van der Waals surface area contributed by atoms with Crippen LogP contribution in [0.2, 0.25) is 0 Å². The molecule has 1 fully saturated rings. The first-order valence-corrected chi connectivity index (χ1v) is 8.17. The van der Waals surface area contributed by atoms with Crippen LogP contribution >= 0.6 is 0 Å². The predicted octanol–water partition coefficient (Wildman–Crippen LogP) is 3.01. The van der Waals surface area contributed by atoms with Crippen LogP contribution in [-0.2, 0) is 14.2 Å². The standard InChI is InChI=1S/C16H26F3N3O4/c1-11(9-24-10-16(17,18)19)25-13(21-20)12-5-7-22(8-6-12)14(23)26-15(2,3)4/h12H,1,5-10,20H2,2-4H3/b21-13-. The second-order valence-corrected chi connectivity index (χ2v) is 6.96. The molecule has 1 saturated heterocycles. The molecule has 0 spiro atoms. The Hall–Kier alpha value is -1.97. The van der Waals surface area contributed by atoms with Crippen LogP contribution in [0, 0.1) is 5.92 Å². The van der Waals surface area contributed by atoms with Gasteiger partial charge in [-0.3, -0.25) is 0 Å². The molecule has 26 heavy (non-hydrogen) atoms. The summed E-state index contributed by atoms with van der Waals surface area (Å²) in [6.45, 7) is 7.92. The lowest BCUT2D eigenvalue weighted by Crippen LogP contribution is -2.43. The number of rotatable bonds is 5. The van der Waals surface area contributed by atoms with E-state index in [1.54, 1.807) is 25.7 Å². The molecule has 0 saturated carbocycles. The fourth-order valence-electron chi connectivity index (χ4n) is 2.31. The van der Waals surface area contributed by atoms with E-state index >= 15 is 0 Å². The normalized spacial score (nSPS) is 17.2. The fourth-order valence-corrected chi connectivity index (χ4v) is 2.31. The molecule has 0 aromatic heterocycles. The van der Waals surface area contributed by atoms with E-state index in [4.69, 9.17) is 15.3 Å². The van der Waals surface area contributed by atoms with E-state index in [2.05, 4.69) is 16.4 Å². The molecule has 1 aliphatic rings. The molecule has 7 nitrogen and oxygen atoms in total. The van der Waals surface area contributed by atoms with Gasteiger partial charge in [0.25, 0.3) is 0 Å². The molecule has 10 heteroatoms. The van der Waals surface area contributed by atoms with Crippen LogP contribution in [0.15, 0.2) is 17.4 Å². The third-order valence-electron chi connectivity index (χ3n) is 3.40. The molecule has 1 aliphatic heterocycles. The van der Waals surface area contributed by atoms with Crippen molar-refractivity contribution < 1.29 is 32.2 Å². The van der Waals surface area contributed by atoms with Gasteiger partial charge in [-0.2, -0.15) is 13.2 Å². The average molecular weight is 381 g/mol. The summed E-state index contributed by atoms with van der Waals surface area (Å²) in [6, 6.07) is 0. The Bertz CT molecular complexity index is 522. The first-order valence-electron chi connectivity index (χ1n) is 8.17. The van der Waals surface area contributed by atoms with E-state index in [0.717, 1.165) is 0 Å². The molecule has 0 aromatic carbocycles. The summed E-state index contributed by atoms with van der Waals surface area (Å²) < 4.78 is 51.3. The quantitative estimate of drug-likeness (QED) is 0.260. The van der Waals surface area contributed by atoms with Crippen molar-refractivity contribution in [3.63, 3.8) is 0 Å². The number of nitrogens with zero attached hydrogens (tertiary/aromatic N) is 2. The molecule has 0 unspecified atom stereocenters. The summed E-state index contributed by atoms with van der Waals surface area (Å²) in [6.07, 6.45) is -3.75. The second kappa shape index (κ2) is 9.11. The first-order chi connectivity index (χ1) is 11.9. The highest BCUT2D eigenvalue weighted by molar-refractivity contribution is 5.80. The summed E-state index contributed by atoms with van der Waals surface area (Å²) >= 11 is 0. The Morgan fingerprint density at radius 2 is 1.85 bits per heavy atom. The SMILES string of the molecule is C=C(COCC(F)(F)F)O/C(=N\N)C1CCN(C(=O)OC(C)(C)C)CC1. The van der Waals surface area contributed by atoms with Crippen LogP contribution < -0.4 is 5.84 Å². The Morgan fingerprint density at radius 3 is 2.31 bits per heavy atom. The number of nitrogens with two attached hydrogens (primary N) is 1. The maximum atomic E-state index is 12.0. The number of likely N-dealkylation sites (tertiary alicyclic amines) is 1. The van der Waals surface area contributed by atoms with Gasteiger partial charge in [-0.1, -0.05) is 6.58 Å². The van der Waals surface area contributed by atoms with Crippen molar-refractivity contribution in [2.75, 3.05) is 26.3 Å². The van der Waals surface area contributed by atoms with Crippen LogP contribution in [-0.4, -0.2) is 55.0 Å². The van der Waals surface area contributed by atoms with E-state index in [0.29, 0.717) is 25.9 Å². The number of piperidine rings is 1. The number of hydrazone groups is 1. The van der Waals surface area contributed by atoms with Gasteiger partial charge in [-0.15, -0.1) is 5.10 Å². The van der Waals surface area contributed by atoms with Crippen LogP contribution in [0.25, 0.3) is 0 Å². The van der Waals surface area contributed by atoms with E-state index in [1.807, 2.05) is 0 Å². The van der Waals surface area contributed by atoms with E-state index in [-0.39, 0.29) is 17.6 Å². The second-order valence-electron chi connectivity index (χ2n) is 6.96. The molecular weight excluding hydrogens is 355 g/mol. The topological polar surface area (TPSA) is 86.4 Å². The van der Waals surface area contributed by atoms with E-state index in [9.17, 15) is 18.0 Å². The van der Waals surface area contributed by atoms with Gasteiger partial charge in [-0.05, 0) is 33.6 Å². The van der Waals surface area contributed by atoms with Gasteiger partial charge in [-0.25, -0.2) is 4.79 Å². The number of halogens is 3. The number of hydrogen-bond donors (Lipinski definition) is 1. The van der Waals surface area contributed by atoms with Gasteiger partial charge in [0.15, 0.2) is 0 Å². The molecule has 150 valence electrons. The monoisotopic (exact) mass is 381 g/mol. The van der Waals surface area contributed by atoms with Gasteiger partial charge in [0.2, 0.25) is 5.90 Å². The van der Waals surface area contributed by atoms with Crippen LogP contribution in [0.3, 0.4) is 0 Å². The van der Waals surface area contributed by atoms with Gasteiger partial charge < -0.3 is 25.0 Å². The molecule has 1 amide bonds. The van der Waals surface area contributed by atoms with Crippen molar-refractivity contribution in [2.45, 2.75) is 45.4 Å². The largest absolute Gasteiger partial charge is 0.444 e. The molecule has 0 aromatic rings. The highest BCUT2D eigenvalue weighted by Crippen LogP contribution is 2.22. The Morgan fingerprint density at radius 1 is 1.27 bits per heavy atom. The smallest absolute Gasteiger partial charge is 0.411 e. The molecule has 0 atom stereocenters. The highest BCUT2D eigenvalue weighted by Gasteiger charge is 2.31. The number of amides is 1. The summed E-state index contributed by atoms with van der Waals surface area (Å²) in [5.74, 6) is 5.30. The molecule has 0 aliphatic carbocycles. The third kappa shape index (κ3) is 8.41. The lowest BCUT2D eigenvalue weighted by atomic mass is 9.97. The van der Waals surface area contributed by atoms with Crippen molar-refractivity contribution >= 4 is 12.0 Å². The maximum absolute atomic E-state index is 12.0. The van der Waals surface area contributed by atoms with Crippen molar-refractivity contribution in [2.24, 2.45) is 16.9 Å². The fraction of sp³-hybridized carbons (Fsp3) is 0.750. The van der Waals surface area contributed by atoms with Crippen molar-refractivity contribution in [1.29, 1.82) is 0 Å². The third-order valence-corrected chi connectivity index (χ3v) is 3.40. The van der Waals surface area contributed by atoms with Gasteiger partial charge in [0, 0.05) is 19.0 Å². The molecule has 0 bridgehead atoms. The van der Waals surface area contributed by atoms with Gasteiger partial charge >= 0.3 is 12.3 Å². The summed E-state index contributed by atoms with van der Waals surface area (Å²) in [5.41, 5.74) is -0.574. The lowest BCUT2D eigenvalue weighted by molar-refractivity contribution is -0.172. The summed E-state index contributed by atoms with van der Waals surface area (Å²) in [5, 5.41) is 3.56. The van der Waals surface area contributed by atoms with Crippen LogP contribution in [0.5, 0.6) is 0 Å². The van der Waals surface area contributed by atoms with Crippen molar-refractivity contribution in [3.8, 4) is 0 Å². The minimum Gasteiger partial charge on any atom is -0.444 e. The van der Waals surface area contributed by atoms with E-state index < -0.39 is 31.1 Å². The average Bonchev–Trinajstić information content (AvgIpc) is 2.50. The van der Waals surface area contributed by atoms with Crippen LogP contribution in [0.4, 0.5) is 18.0 Å². The Kier molecular flexibility index (Phi) is 7.73. The Balaban J connectivity index is 2.44. The minimum absolute atomic E-state index is 0.0204. The molecule has 1 rings (SSSR count). The van der Waals surface area contributed by atoms with Crippen LogP contribution in [0.1, 0.15) is 33.6 Å². The number of carbonyl (C=O) groups is 1. The van der Waals surface area contributed by atoms with Crippen molar-refractivity contribution in [1.82, 2.24) is 4.90 Å². The van der Waals surface area contributed by atoms with E-state index in [1.165, 1.54) is 0 Å². The number of hydrogen-bond acceptors (Lipinski definition) is 6. The zero-order valence-electron chi connectivity index (χ0n) is 15.3. The van der Waals surface area contributed by atoms with Crippen molar-refractivity contribution in [3.05, 3.63) is 12.3 Å². The van der Waals surface area contributed by atoms with Gasteiger partial charge in [0.05, 0.1) is 0 Å². The number of alkyl halides is 3.